The number of methoxy groups -OCH3 is 1. The van der Waals surface area contributed by atoms with Gasteiger partial charge in [0.2, 0.25) is 0 Å². The second kappa shape index (κ2) is 7.78. The van der Waals surface area contributed by atoms with Crippen LogP contribution in [-0.4, -0.2) is 32.4 Å². The molecule has 1 aromatic rings. The molecule has 0 aromatic heterocycles. The first kappa shape index (κ1) is 15.5. The zero-order valence-electron chi connectivity index (χ0n) is 11.1. The number of hydrogen-bond donors (Lipinski definition) is 0. The van der Waals surface area contributed by atoms with Crippen LogP contribution in [0.3, 0.4) is 0 Å². The third kappa shape index (κ3) is 4.24. The fourth-order valence-electron chi connectivity index (χ4n) is 1.33. The molecule has 1 rings (SSSR count). The molecule has 0 bridgehead atoms. The lowest BCUT2D eigenvalue weighted by atomic mass is 10.2. The van der Waals surface area contributed by atoms with Crippen molar-refractivity contribution in [1.82, 2.24) is 0 Å². The SMILES string of the molecule is CCOC(=Nc1cccc(C(=O)OC)c1Br)OCC. The normalized spacial score (nSPS) is 9.68. The highest BCUT2D eigenvalue weighted by Crippen LogP contribution is 2.29. The van der Waals surface area contributed by atoms with Crippen LogP contribution >= 0.6 is 15.9 Å². The maximum absolute atomic E-state index is 11.6. The number of carbonyl (C=O) groups is 1. The first-order valence-electron chi connectivity index (χ1n) is 5.85. The Balaban J connectivity index is 3.12. The molecule has 0 aliphatic heterocycles. The molecule has 5 nitrogen and oxygen atoms in total. The van der Waals surface area contributed by atoms with E-state index in [9.17, 15) is 4.79 Å². The number of aliphatic imine (C=N–C) groups is 1. The number of rotatable bonds is 4. The van der Waals surface area contributed by atoms with Crippen molar-refractivity contribution >= 4 is 33.7 Å². The van der Waals surface area contributed by atoms with Gasteiger partial charge in [0.05, 0.1) is 36.0 Å². The molecule has 0 heterocycles. The number of benzene rings is 1. The van der Waals surface area contributed by atoms with E-state index in [0.29, 0.717) is 28.9 Å². The number of carbonyl (C=O) groups excluding carboxylic acids is 1. The Hall–Kier alpha value is -1.56. The Morgan fingerprint density at radius 3 is 2.42 bits per heavy atom. The van der Waals surface area contributed by atoms with Gasteiger partial charge in [-0.2, -0.15) is 4.99 Å². The Kier molecular flexibility index (Phi) is 6.35. The standard InChI is InChI=1S/C13H16BrNO4/c1-4-18-13(19-5-2)15-10-8-6-7-9(11(10)14)12(16)17-3/h6-8H,4-5H2,1-3H3. The lowest BCUT2D eigenvalue weighted by molar-refractivity contribution is 0.0599. The molecule has 19 heavy (non-hydrogen) atoms. The second-order valence-electron chi connectivity index (χ2n) is 3.37. The number of nitrogens with zero attached hydrogens (tertiary/aromatic N) is 1. The molecule has 0 radical (unpaired) electrons. The average molecular weight is 330 g/mol. The van der Waals surface area contributed by atoms with Gasteiger partial charge in [-0.15, -0.1) is 0 Å². The topological polar surface area (TPSA) is 57.1 Å². The zero-order valence-corrected chi connectivity index (χ0v) is 12.7. The predicted molar refractivity (Wildman–Crippen MR) is 75.8 cm³/mol. The van der Waals surface area contributed by atoms with E-state index >= 15 is 0 Å². The van der Waals surface area contributed by atoms with Crippen LogP contribution in [0.4, 0.5) is 5.69 Å². The van der Waals surface area contributed by atoms with Gasteiger partial charge in [-0.1, -0.05) is 6.07 Å². The molecule has 0 aliphatic carbocycles. The number of hydrogen-bond acceptors (Lipinski definition) is 5. The quantitative estimate of drug-likeness (QED) is 0.483. The molecule has 6 heteroatoms. The smallest absolute Gasteiger partial charge is 0.388 e. The minimum absolute atomic E-state index is 0.174. The summed E-state index contributed by atoms with van der Waals surface area (Å²) in [6.07, 6.45) is 0.174. The van der Waals surface area contributed by atoms with E-state index in [2.05, 4.69) is 20.9 Å². The molecular weight excluding hydrogens is 314 g/mol. The molecule has 0 aliphatic rings. The molecule has 0 spiro atoms. The molecular formula is C13H16BrNO4. The van der Waals surface area contributed by atoms with Gasteiger partial charge in [0.15, 0.2) is 0 Å². The summed E-state index contributed by atoms with van der Waals surface area (Å²) in [7, 11) is 1.33. The van der Waals surface area contributed by atoms with Gasteiger partial charge < -0.3 is 14.2 Å². The van der Waals surface area contributed by atoms with Crippen molar-refractivity contribution in [3.05, 3.63) is 28.2 Å². The number of esters is 1. The van der Waals surface area contributed by atoms with Crippen molar-refractivity contribution in [2.75, 3.05) is 20.3 Å². The summed E-state index contributed by atoms with van der Waals surface area (Å²) in [5, 5.41) is 0. The zero-order chi connectivity index (χ0) is 14.3. The van der Waals surface area contributed by atoms with E-state index in [1.54, 1.807) is 18.2 Å². The first-order chi connectivity index (χ1) is 9.13. The van der Waals surface area contributed by atoms with Crippen LogP contribution in [0.25, 0.3) is 0 Å². The molecule has 0 saturated carbocycles. The third-order valence-corrected chi connectivity index (χ3v) is 2.96. The summed E-state index contributed by atoms with van der Waals surface area (Å²) in [5.41, 5.74) is 0.941. The van der Waals surface area contributed by atoms with Gasteiger partial charge in [-0.05, 0) is 41.9 Å². The Morgan fingerprint density at radius 1 is 1.26 bits per heavy atom. The van der Waals surface area contributed by atoms with E-state index in [0.717, 1.165) is 0 Å². The summed E-state index contributed by atoms with van der Waals surface area (Å²) in [6, 6.07) is 5.11. The fraction of sp³-hybridized carbons (Fsp3) is 0.385. The number of ether oxygens (including phenoxy) is 3. The van der Waals surface area contributed by atoms with E-state index in [4.69, 9.17) is 14.2 Å². The summed E-state index contributed by atoms with van der Waals surface area (Å²) in [6.45, 7) is 4.59. The van der Waals surface area contributed by atoms with Crippen LogP contribution in [0.1, 0.15) is 24.2 Å². The summed E-state index contributed by atoms with van der Waals surface area (Å²) in [4.78, 5) is 15.8. The van der Waals surface area contributed by atoms with E-state index < -0.39 is 5.97 Å². The second-order valence-corrected chi connectivity index (χ2v) is 4.17. The number of halogens is 1. The van der Waals surface area contributed by atoms with Crippen molar-refractivity contribution in [1.29, 1.82) is 0 Å². The summed E-state index contributed by atoms with van der Waals surface area (Å²) >= 11 is 3.33. The van der Waals surface area contributed by atoms with Crippen LogP contribution in [0.5, 0.6) is 0 Å². The molecule has 1 aromatic carbocycles. The van der Waals surface area contributed by atoms with Gasteiger partial charge in [0, 0.05) is 0 Å². The minimum Gasteiger partial charge on any atom is -0.465 e. The van der Waals surface area contributed by atoms with Crippen molar-refractivity contribution < 1.29 is 19.0 Å². The highest BCUT2D eigenvalue weighted by Gasteiger charge is 2.14. The Labute approximate surface area is 120 Å². The maximum atomic E-state index is 11.6. The third-order valence-electron chi connectivity index (χ3n) is 2.13. The van der Waals surface area contributed by atoms with Crippen molar-refractivity contribution in [2.24, 2.45) is 4.99 Å². The predicted octanol–water partition coefficient (Wildman–Crippen LogP) is 3.30. The summed E-state index contributed by atoms with van der Waals surface area (Å²) in [5.74, 6) is -0.432. The fourth-order valence-corrected chi connectivity index (χ4v) is 1.84. The average Bonchev–Trinajstić information content (AvgIpc) is 2.41. The van der Waals surface area contributed by atoms with Gasteiger partial charge in [0.25, 0.3) is 0 Å². The van der Waals surface area contributed by atoms with Gasteiger partial charge in [-0.3, -0.25) is 0 Å². The van der Waals surface area contributed by atoms with Crippen LogP contribution in [0.15, 0.2) is 27.7 Å². The van der Waals surface area contributed by atoms with E-state index in [1.165, 1.54) is 7.11 Å². The van der Waals surface area contributed by atoms with Gasteiger partial charge >= 0.3 is 12.1 Å². The molecule has 0 N–H and O–H groups in total. The Morgan fingerprint density at radius 2 is 1.89 bits per heavy atom. The molecule has 0 fully saturated rings. The van der Waals surface area contributed by atoms with Crippen molar-refractivity contribution in [3.8, 4) is 0 Å². The largest absolute Gasteiger partial charge is 0.465 e. The van der Waals surface area contributed by atoms with E-state index in [1.807, 2.05) is 13.8 Å². The molecule has 104 valence electrons. The van der Waals surface area contributed by atoms with Crippen LogP contribution in [0.2, 0.25) is 0 Å². The first-order valence-corrected chi connectivity index (χ1v) is 6.64. The van der Waals surface area contributed by atoms with Gasteiger partial charge in [-0.25, -0.2) is 4.79 Å². The van der Waals surface area contributed by atoms with Crippen LogP contribution in [-0.2, 0) is 14.2 Å². The molecule has 0 atom stereocenters. The minimum atomic E-state index is -0.432. The molecule has 0 unspecified atom stereocenters. The van der Waals surface area contributed by atoms with Crippen molar-refractivity contribution in [3.63, 3.8) is 0 Å². The molecule has 0 saturated heterocycles. The van der Waals surface area contributed by atoms with E-state index in [-0.39, 0.29) is 6.08 Å². The lowest BCUT2D eigenvalue weighted by Crippen LogP contribution is -2.09. The highest BCUT2D eigenvalue weighted by atomic mass is 79.9. The maximum Gasteiger partial charge on any atom is 0.388 e. The monoisotopic (exact) mass is 329 g/mol. The van der Waals surface area contributed by atoms with Crippen molar-refractivity contribution in [2.45, 2.75) is 13.8 Å². The van der Waals surface area contributed by atoms with Crippen LogP contribution in [0, 0.1) is 0 Å². The lowest BCUT2D eigenvalue weighted by Gasteiger charge is -2.09. The van der Waals surface area contributed by atoms with Gasteiger partial charge in [0.1, 0.15) is 0 Å². The summed E-state index contributed by atoms with van der Waals surface area (Å²) < 4.78 is 15.8. The molecule has 0 amide bonds. The Bertz CT molecular complexity index is 466. The van der Waals surface area contributed by atoms with Crippen LogP contribution < -0.4 is 0 Å². The highest BCUT2D eigenvalue weighted by molar-refractivity contribution is 9.10.